The van der Waals surface area contributed by atoms with Crippen LogP contribution in [0, 0.1) is 5.92 Å². The summed E-state index contributed by atoms with van der Waals surface area (Å²) >= 11 is 12.0. The van der Waals surface area contributed by atoms with E-state index in [0.29, 0.717) is 42.4 Å². The van der Waals surface area contributed by atoms with Crippen LogP contribution in [0.25, 0.3) is 0 Å². The lowest BCUT2D eigenvalue weighted by Crippen LogP contribution is -2.45. The predicted octanol–water partition coefficient (Wildman–Crippen LogP) is 4.81. The topological polar surface area (TPSA) is 58.6 Å². The second-order valence-corrected chi connectivity index (χ2v) is 8.16. The van der Waals surface area contributed by atoms with Crippen LogP contribution in [0.15, 0.2) is 42.5 Å². The fraction of sp³-hybridized carbons (Fsp3) is 0.364. The molecule has 1 atom stereocenters. The minimum atomic E-state index is -3.02. The molecule has 0 saturated carbocycles. The van der Waals surface area contributed by atoms with Gasteiger partial charge >= 0.3 is 6.61 Å². The molecule has 0 aliphatic carbocycles. The van der Waals surface area contributed by atoms with Crippen molar-refractivity contribution in [1.82, 2.24) is 10.2 Å². The largest absolute Gasteiger partial charge is 0.434 e. The van der Waals surface area contributed by atoms with E-state index in [-0.39, 0.29) is 29.7 Å². The first-order valence-electron chi connectivity index (χ1n) is 9.89. The van der Waals surface area contributed by atoms with Crippen LogP contribution in [0.2, 0.25) is 10.0 Å². The van der Waals surface area contributed by atoms with Crippen molar-refractivity contribution in [2.75, 3.05) is 19.6 Å². The quantitative estimate of drug-likeness (QED) is 0.631. The monoisotopic (exact) mass is 470 g/mol. The molecule has 2 aromatic rings. The maximum absolute atomic E-state index is 12.9. The van der Waals surface area contributed by atoms with Gasteiger partial charge in [-0.1, -0.05) is 35.3 Å². The Morgan fingerprint density at radius 2 is 1.87 bits per heavy atom. The molecule has 5 nitrogen and oxygen atoms in total. The molecule has 1 N–H and O–H groups in total. The number of ether oxygens (including phenoxy) is 1. The maximum Gasteiger partial charge on any atom is 0.387 e. The van der Waals surface area contributed by atoms with E-state index < -0.39 is 12.5 Å². The average molecular weight is 471 g/mol. The van der Waals surface area contributed by atoms with Crippen molar-refractivity contribution in [2.24, 2.45) is 5.92 Å². The zero-order valence-corrected chi connectivity index (χ0v) is 18.1. The predicted molar refractivity (Wildman–Crippen MR) is 115 cm³/mol. The Labute approximate surface area is 189 Å². The number of amides is 2. The molecule has 2 amide bonds. The van der Waals surface area contributed by atoms with Gasteiger partial charge in [0.15, 0.2) is 0 Å². The molecule has 1 aliphatic rings. The number of likely N-dealkylation sites (tertiary alicyclic amines) is 1. The molecule has 0 aromatic heterocycles. The van der Waals surface area contributed by atoms with Crippen LogP contribution in [-0.2, 0) is 11.2 Å². The second kappa shape index (κ2) is 10.8. The number of hydrogen-bond donors (Lipinski definition) is 1. The minimum Gasteiger partial charge on any atom is -0.434 e. The molecule has 1 aliphatic heterocycles. The lowest BCUT2D eigenvalue weighted by atomic mass is 9.96. The van der Waals surface area contributed by atoms with Gasteiger partial charge < -0.3 is 15.0 Å². The van der Waals surface area contributed by atoms with Gasteiger partial charge in [0, 0.05) is 29.7 Å². The van der Waals surface area contributed by atoms with Crippen molar-refractivity contribution < 1.29 is 23.1 Å². The highest BCUT2D eigenvalue weighted by molar-refractivity contribution is 6.34. The Morgan fingerprint density at radius 1 is 1.16 bits per heavy atom. The number of nitrogens with zero attached hydrogens (tertiary/aromatic N) is 1. The van der Waals surface area contributed by atoms with Gasteiger partial charge in [0.05, 0.1) is 11.5 Å². The van der Waals surface area contributed by atoms with E-state index in [0.717, 1.165) is 5.56 Å². The lowest BCUT2D eigenvalue weighted by Gasteiger charge is -2.32. The van der Waals surface area contributed by atoms with Crippen molar-refractivity contribution >= 4 is 35.0 Å². The average Bonchev–Trinajstić information content (AvgIpc) is 2.72. The Morgan fingerprint density at radius 3 is 2.58 bits per heavy atom. The van der Waals surface area contributed by atoms with E-state index in [4.69, 9.17) is 23.2 Å². The molecule has 31 heavy (non-hydrogen) atoms. The number of carbonyl (C=O) groups excluding carboxylic acids is 2. The number of para-hydroxylation sites is 1. The molecular formula is C22H22Cl2F2N2O3. The first-order chi connectivity index (χ1) is 14.8. The summed E-state index contributed by atoms with van der Waals surface area (Å²) in [4.78, 5) is 27.0. The minimum absolute atomic E-state index is 0.0571. The van der Waals surface area contributed by atoms with Crippen LogP contribution >= 0.6 is 23.2 Å². The summed E-state index contributed by atoms with van der Waals surface area (Å²) in [6.07, 6.45) is 1.86. The van der Waals surface area contributed by atoms with Gasteiger partial charge in [-0.2, -0.15) is 8.78 Å². The number of benzene rings is 2. The summed E-state index contributed by atoms with van der Waals surface area (Å²) in [5, 5.41) is 3.96. The summed E-state index contributed by atoms with van der Waals surface area (Å²) < 4.78 is 29.8. The van der Waals surface area contributed by atoms with E-state index in [1.807, 2.05) is 0 Å². The third kappa shape index (κ3) is 6.55. The van der Waals surface area contributed by atoms with Gasteiger partial charge in [-0.25, -0.2) is 0 Å². The van der Waals surface area contributed by atoms with E-state index in [2.05, 4.69) is 10.1 Å². The van der Waals surface area contributed by atoms with Gasteiger partial charge in [0.2, 0.25) is 5.91 Å². The van der Waals surface area contributed by atoms with E-state index in [9.17, 15) is 18.4 Å². The van der Waals surface area contributed by atoms with Crippen LogP contribution in [0.1, 0.15) is 28.8 Å². The van der Waals surface area contributed by atoms with Crippen molar-refractivity contribution in [2.45, 2.75) is 25.9 Å². The molecule has 1 heterocycles. The zero-order chi connectivity index (χ0) is 22.4. The molecule has 2 aromatic carbocycles. The van der Waals surface area contributed by atoms with E-state index in [1.165, 1.54) is 23.1 Å². The summed E-state index contributed by atoms with van der Waals surface area (Å²) in [6.45, 7) is -1.95. The van der Waals surface area contributed by atoms with Crippen molar-refractivity contribution in [1.29, 1.82) is 0 Å². The fourth-order valence-electron chi connectivity index (χ4n) is 3.62. The Hall–Kier alpha value is -2.38. The number of hydrogen-bond acceptors (Lipinski definition) is 3. The van der Waals surface area contributed by atoms with Crippen LogP contribution in [0.4, 0.5) is 8.78 Å². The SMILES string of the molecule is O=C(NCCc1cc(Cl)cc(Cl)c1)C1CCCN(C(=O)c2ccccc2OC(F)F)C1. The highest BCUT2D eigenvalue weighted by atomic mass is 35.5. The molecule has 0 spiro atoms. The number of rotatable bonds is 7. The van der Waals surface area contributed by atoms with Crippen LogP contribution in [0.3, 0.4) is 0 Å². The zero-order valence-electron chi connectivity index (χ0n) is 16.6. The molecular weight excluding hydrogens is 449 g/mol. The van der Waals surface area contributed by atoms with Gasteiger partial charge in [0.1, 0.15) is 5.75 Å². The number of nitrogens with one attached hydrogen (secondary N) is 1. The molecule has 1 saturated heterocycles. The highest BCUT2D eigenvalue weighted by Gasteiger charge is 2.30. The maximum atomic E-state index is 12.9. The molecule has 3 rings (SSSR count). The van der Waals surface area contributed by atoms with Crippen LogP contribution in [0.5, 0.6) is 5.75 Å². The number of carbonyl (C=O) groups is 2. The Balaban J connectivity index is 1.57. The summed E-state index contributed by atoms with van der Waals surface area (Å²) in [7, 11) is 0. The molecule has 0 radical (unpaired) electrons. The number of alkyl halides is 2. The van der Waals surface area contributed by atoms with Gasteiger partial charge in [-0.05, 0) is 55.2 Å². The Kier molecular flexibility index (Phi) is 8.09. The van der Waals surface area contributed by atoms with Gasteiger partial charge in [0.25, 0.3) is 5.91 Å². The van der Waals surface area contributed by atoms with Gasteiger partial charge in [-0.3, -0.25) is 9.59 Å². The fourth-order valence-corrected chi connectivity index (χ4v) is 4.19. The smallest absolute Gasteiger partial charge is 0.387 e. The van der Waals surface area contributed by atoms with Crippen molar-refractivity contribution in [3.63, 3.8) is 0 Å². The second-order valence-electron chi connectivity index (χ2n) is 7.28. The molecule has 9 heteroatoms. The number of piperidine rings is 1. The standard InChI is InChI=1S/C22H22Cl2F2N2O3/c23-16-10-14(11-17(24)12-16)7-8-27-20(29)15-4-3-9-28(13-15)21(30)18-5-1-2-6-19(18)31-22(25)26/h1-2,5-6,10-12,15,22H,3-4,7-9,13H2,(H,27,29). The lowest BCUT2D eigenvalue weighted by molar-refractivity contribution is -0.126. The van der Waals surface area contributed by atoms with E-state index >= 15 is 0 Å². The summed E-state index contributed by atoms with van der Waals surface area (Å²) in [6, 6.07) is 11.1. The normalized spacial score (nSPS) is 16.3. The third-order valence-electron chi connectivity index (χ3n) is 5.05. The molecule has 0 bridgehead atoms. The summed E-state index contributed by atoms with van der Waals surface area (Å²) in [5.41, 5.74) is 0.968. The van der Waals surface area contributed by atoms with Crippen LogP contribution < -0.4 is 10.1 Å². The third-order valence-corrected chi connectivity index (χ3v) is 5.48. The molecule has 1 unspecified atom stereocenters. The van der Waals surface area contributed by atoms with Crippen molar-refractivity contribution in [3.8, 4) is 5.75 Å². The first-order valence-corrected chi connectivity index (χ1v) is 10.6. The summed E-state index contributed by atoms with van der Waals surface area (Å²) in [5.74, 6) is -1.12. The van der Waals surface area contributed by atoms with Crippen molar-refractivity contribution in [3.05, 3.63) is 63.6 Å². The Bertz CT molecular complexity index is 922. The number of halogens is 4. The molecule has 1 fully saturated rings. The van der Waals surface area contributed by atoms with Gasteiger partial charge in [-0.15, -0.1) is 0 Å². The first kappa shape index (κ1) is 23.3. The van der Waals surface area contributed by atoms with Crippen LogP contribution in [-0.4, -0.2) is 43.0 Å². The molecule has 166 valence electrons. The highest BCUT2D eigenvalue weighted by Crippen LogP contribution is 2.25. The van der Waals surface area contributed by atoms with E-state index in [1.54, 1.807) is 24.3 Å².